The van der Waals surface area contributed by atoms with E-state index in [-0.39, 0.29) is 0 Å². The first-order valence-corrected chi connectivity index (χ1v) is 5.73. The number of aryl methyl sites for hydroxylation is 2. The zero-order valence-electron chi connectivity index (χ0n) is 8.68. The van der Waals surface area contributed by atoms with Gasteiger partial charge in [-0.1, -0.05) is 34.1 Å². The standard InChI is InChI=1S/C8H12S.C3H8/c1-3-7-5-6-9-8(7)4-2;1-3-2/h5-6H,3-4H2,1-2H3;3H2,1-2H3. The summed E-state index contributed by atoms with van der Waals surface area (Å²) in [6, 6.07) is 2.23. The van der Waals surface area contributed by atoms with Gasteiger partial charge >= 0.3 is 0 Å². The molecule has 1 aromatic rings. The van der Waals surface area contributed by atoms with Crippen molar-refractivity contribution in [2.24, 2.45) is 0 Å². The van der Waals surface area contributed by atoms with Crippen molar-refractivity contribution in [2.45, 2.75) is 47.0 Å². The largest absolute Gasteiger partial charge is 0.149 e. The third kappa shape index (κ3) is 3.91. The second-order valence-corrected chi connectivity index (χ2v) is 3.78. The Morgan fingerprint density at radius 2 is 1.67 bits per heavy atom. The molecule has 1 heteroatoms. The van der Waals surface area contributed by atoms with Gasteiger partial charge in [-0.05, 0) is 29.9 Å². The molecular formula is C11H20S. The van der Waals surface area contributed by atoms with Crippen LogP contribution in [0, 0.1) is 0 Å². The monoisotopic (exact) mass is 184 g/mol. The molecule has 0 fully saturated rings. The highest BCUT2D eigenvalue weighted by Gasteiger charge is 1.96. The first-order valence-electron chi connectivity index (χ1n) is 4.85. The Kier molecular flexibility index (Phi) is 7.17. The van der Waals surface area contributed by atoms with E-state index < -0.39 is 0 Å². The lowest BCUT2D eigenvalue weighted by atomic mass is 10.2. The second kappa shape index (κ2) is 7.35. The summed E-state index contributed by atoms with van der Waals surface area (Å²) in [6.45, 7) is 8.67. The van der Waals surface area contributed by atoms with Crippen LogP contribution < -0.4 is 0 Å². The molecule has 0 aliphatic rings. The van der Waals surface area contributed by atoms with Gasteiger partial charge in [0.2, 0.25) is 0 Å². The van der Waals surface area contributed by atoms with Crippen molar-refractivity contribution >= 4 is 11.3 Å². The molecule has 1 heterocycles. The highest BCUT2D eigenvalue weighted by molar-refractivity contribution is 7.10. The van der Waals surface area contributed by atoms with E-state index >= 15 is 0 Å². The second-order valence-electron chi connectivity index (χ2n) is 2.78. The number of hydrogen-bond acceptors (Lipinski definition) is 1. The van der Waals surface area contributed by atoms with Crippen molar-refractivity contribution in [2.75, 3.05) is 0 Å². The molecule has 0 saturated heterocycles. The van der Waals surface area contributed by atoms with Crippen LogP contribution in [0.25, 0.3) is 0 Å². The van der Waals surface area contributed by atoms with Gasteiger partial charge in [-0.2, -0.15) is 0 Å². The first-order chi connectivity index (χ1) is 5.79. The van der Waals surface area contributed by atoms with E-state index in [1.807, 2.05) is 11.3 Å². The van der Waals surface area contributed by atoms with Gasteiger partial charge in [0.25, 0.3) is 0 Å². The van der Waals surface area contributed by atoms with Crippen LogP contribution in [0.15, 0.2) is 11.4 Å². The van der Waals surface area contributed by atoms with Gasteiger partial charge < -0.3 is 0 Å². The topological polar surface area (TPSA) is 0 Å². The fourth-order valence-corrected chi connectivity index (χ4v) is 1.92. The van der Waals surface area contributed by atoms with Gasteiger partial charge in [0.1, 0.15) is 0 Å². The zero-order valence-corrected chi connectivity index (χ0v) is 9.50. The molecule has 0 bridgehead atoms. The number of hydrogen-bond donors (Lipinski definition) is 0. The Morgan fingerprint density at radius 1 is 1.08 bits per heavy atom. The molecule has 0 saturated carbocycles. The lowest BCUT2D eigenvalue weighted by Gasteiger charge is -1.93. The summed E-state index contributed by atoms with van der Waals surface area (Å²) in [7, 11) is 0. The van der Waals surface area contributed by atoms with Crippen LogP contribution in [-0.4, -0.2) is 0 Å². The minimum Gasteiger partial charge on any atom is -0.149 e. The average Bonchev–Trinajstić information content (AvgIpc) is 2.52. The molecule has 0 aromatic carbocycles. The van der Waals surface area contributed by atoms with Crippen molar-refractivity contribution in [1.82, 2.24) is 0 Å². The quantitative estimate of drug-likeness (QED) is 0.643. The summed E-state index contributed by atoms with van der Waals surface area (Å²) in [5, 5.41) is 2.18. The van der Waals surface area contributed by atoms with E-state index in [0.29, 0.717) is 0 Å². The summed E-state index contributed by atoms with van der Waals surface area (Å²) in [6.07, 6.45) is 3.63. The molecule has 0 radical (unpaired) electrons. The molecular weight excluding hydrogens is 164 g/mol. The smallest absolute Gasteiger partial charge is 0.00743 e. The molecule has 70 valence electrons. The molecule has 0 aliphatic carbocycles. The van der Waals surface area contributed by atoms with E-state index in [2.05, 4.69) is 39.1 Å². The third-order valence-electron chi connectivity index (χ3n) is 1.54. The first kappa shape index (κ1) is 11.7. The van der Waals surface area contributed by atoms with Gasteiger partial charge in [-0.15, -0.1) is 11.3 Å². The van der Waals surface area contributed by atoms with Crippen LogP contribution in [0.1, 0.15) is 44.6 Å². The van der Waals surface area contributed by atoms with E-state index in [4.69, 9.17) is 0 Å². The fraction of sp³-hybridized carbons (Fsp3) is 0.636. The Hall–Kier alpha value is -0.300. The Balaban J connectivity index is 0.000000354. The minimum atomic E-state index is 1.19. The molecule has 12 heavy (non-hydrogen) atoms. The van der Waals surface area contributed by atoms with E-state index in [1.54, 1.807) is 4.88 Å². The van der Waals surface area contributed by atoms with Gasteiger partial charge in [0, 0.05) is 4.88 Å². The molecule has 0 unspecified atom stereocenters. The van der Waals surface area contributed by atoms with Crippen molar-refractivity contribution in [3.63, 3.8) is 0 Å². The number of thiophene rings is 1. The van der Waals surface area contributed by atoms with Gasteiger partial charge in [0.05, 0.1) is 0 Å². The van der Waals surface area contributed by atoms with Crippen LogP contribution in [0.4, 0.5) is 0 Å². The predicted octanol–water partition coefficient (Wildman–Crippen LogP) is 4.29. The van der Waals surface area contributed by atoms with Crippen LogP contribution in [0.2, 0.25) is 0 Å². The fourth-order valence-electron chi connectivity index (χ4n) is 0.992. The van der Waals surface area contributed by atoms with Gasteiger partial charge in [-0.25, -0.2) is 0 Å². The molecule has 0 amide bonds. The maximum Gasteiger partial charge on any atom is 0.00743 e. The molecule has 0 N–H and O–H groups in total. The van der Waals surface area contributed by atoms with Gasteiger partial charge in [0.15, 0.2) is 0 Å². The van der Waals surface area contributed by atoms with Crippen LogP contribution in [0.3, 0.4) is 0 Å². The average molecular weight is 184 g/mol. The maximum absolute atomic E-state index is 2.23. The zero-order chi connectivity index (χ0) is 9.40. The van der Waals surface area contributed by atoms with Crippen LogP contribution in [-0.2, 0) is 12.8 Å². The maximum atomic E-state index is 2.23. The summed E-state index contributed by atoms with van der Waals surface area (Å²) < 4.78 is 0. The Labute approximate surface area is 80.6 Å². The molecule has 0 nitrogen and oxygen atoms in total. The molecule has 1 aromatic heterocycles. The lowest BCUT2D eigenvalue weighted by molar-refractivity contribution is 1.07. The Morgan fingerprint density at radius 3 is 2.00 bits per heavy atom. The lowest BCUT2D eigenvalue weighted by Crippen LogP contribution is -1.80. The van der Waals surface area contributed by atoms with Crippen LogP contribution >= 0.6 is 11.3 Å². The van der Waals surface area contributed by atoms with E-state index in [9.17, 15) is 0 Å². The third-order valence-corrected chi connectivity index (χ3v) is 2.65. The summed E-state index contributed by atoms with van der Waals surface area (Å²) in [5.41, 5.74) is 1.53. The highest BCUT2D eigenvalue weighted by Crippen LogP contribution is 2.16. The SMILES string of the molecule is CCC.CCc1ccsc1CC. The highest BCUT2D eigenvalue weighted by atomic mass is 32.1. The van der Waals surface area contributed by atoms with Crippen molar-refractivity contribution < 1.29 is 0 Å². The van der Waals surface area contributed by atoms with E-state index in [1.165, 1.54) is 24.8 Å². The normalized spacial score (nSPS) is 9.00. The number of rotatable bonds is 2. The van der Waals surface area contributed by atoms with Crippen molar-refractivity contribution in [1.29, 1.82) is 0 Å². The summed E-state index contributed by atoms with van der Waals surface area (Å²) in [5.74, 6) is 0. The molecule has 0 atom stereocenters. The minimum absolute atomic E-state index is 1.19. The summed E-state index contributed by atoms with van der Waals surface area (Å²) in [4.78, 5) is 1.55. The Bertz CT molecular complexity index is 170. The molecule has 0 spiro atoms. The molecule has 0 aliphatic heterocycles. The van der Waals surface area contributed by atoms with Gasteiger partial charge in [-0.3, -0.25) is 0 Å². The van der Waals surface area contributed by atoms with Crippen molar-refractivity contribution in [3.05, 3.63) is 21.9 Å². The predicted molar refractivity (Wildman–Crippen MR) is 59.0 cm³/mol. The molecule has 1 rings (SSSR count). The van der Waals surface area contributed by atoms with Crippen molar-refractivity contribution in [3.8, 4) is 0 Å². The summed E-state index contributed by atoms with van der Waals surface area (Å²) >= 11 is 1.87. The van der Waals surface area contributed by atoms with Crippen LogP contribution in [0.5, 0.6) is 0 Å². The van der Waals surface area contributed by atoms with E-state index in [0.717, 1.165) is 0 Å².